The Balaban J connectivity index is 1.30. The van der Waals surface area contributed by atoms with Gasteiger partial charge in [0.25, 0.3) is 0 Å². The molecule has 0 aromatic heterocycles. The number of carbonyl (C=O) groups excluding carboxylic acids is 13. The lowest BCUT2D eigenvalue weighted by molar-refractivity contribution is -0.142. The topological polar surface area (TPSA) is 508 Å². The van der Waals surface area contributed by atoms with Crippen LogP contribution in [0.25, 0.3) is 0 Å². The molecular formula is C56H79N17O14S3. The number of phenols is 1. The number of nitrogens with one attached hydrogen (secondary N) is 10. The monoisotopic (exact) mass is 1310 g/mol. The van der Waals surface area contributed by atoms with Crippen LogP contribution >= 0.6 is 33.3 Å². The van der Waals surface area contributed by atoms with Crippen molar-refractivity contribution in [3.63, 3.8) is 0 Å². The van der Waals surface area contributed by atoms with Crippen molar-refractivity contribution >= 4 is 116 Å². The summed E-state index contributed by atoms with van der Waals surface area (Å²) in [4.78, 5) is 182. The number of aromatic hydroxyl groups is 1. The van der Waals surface area contributed by atoms with E-state index in [9.17, 15) is 62.6 Å². The van der Waals surface area contributed by atoms with Crippen molar-refractivity contribution in [1.29, 1.82) is 0 Å². The van der Waals surface area contributed by atoms with Gasteiger partial charge in [0.05, 0.1) is 25.0 Å². The van der Waals surface area contributed by atoms with Crippen molar-refractivity contribution in [3.8, 4) is 5.75 Å². The first-order valence-corrected chi connectivity index (χ1v) is 32.8. The number of thioether (sulfide) groups is 1. The molecule has 4 heterocycles. The summed E-state index contributed by atoms with van der Waals surface area (Å²) in [5.74, 6) is -10.4. The zero-order valence-electron chi connectivity index (χ0n) is 49.2. The van der Waals surface area contributed by atoms with Gasteiger partial charge in [-0.25, -0.2) is 4.79 Å². The molecule has 11 atom stereocenters. The quantitative estimate of drug-likeness (QED) is 0.0146. The number of hydrogen-bond acceptors (Lipinski definition) is 18. The maximum atomic E-state index is 15.3. The summed E-state index contributed by atoms with van der Waals surface area (Å²) in [5.41, 5.74) is 28.5. The first kappa shape index (κ1) is 70.6. The number of rotatable bonds is 25. The minimum absolute atomic E-state index is 0.0193. The van der Waals surface area contributed by atoms with E-state index in [-0.39, 0.29) is 105 Å². The van der Waals surface area contributed by atoms with Gasteiger partial charge in [-0.1, -0.05) is 70.5 Å². The molecule has 0 aliphatic carbocycles. The van der Waals surface area contributed by atoms with Gasteiger partial charge in [-0.2, -0.15) is 11.8 Å². The predicted octanol–water partition coefficient (Wildman–Crippen LogP) is -4.52. The maximum Gasteiger partial charge on any atom is 0.315 e. The summed E-state index contributed by atoms with van der Waals surface area (Å²) in [6.07, 6.45) is -0.578. The SMILES string of the molecule is NC(=O)CC[C@@H]1NC(=O)[C@H](Cc2ccccc2)NC(=O)[C@H](Cc2ccc(O)cc2)NC(=O)CCSSC[C@@H](C(=O)N2CC(NC(=O)CCCC[C@@H]3SC[C@@H]4NC(=O)N[C@@H]43)C[C@H]2C(=O)N[C@@H](CCCN=C(N)N)C(=O)NCC(N)=O)NC(=O)[C@H](CC(N)=O)NC1=O. The summed E-state index contributed by atoms with van der Waals surface area (Å²) in [7, 11) is 2.08. The highest BCUT2D eigenvalue weighted by atomic mass is 33.1. The number of hydrogen-bond donors (Lipinski definition) is 16. The van der Waals surface area contributed by atoms with Crippen LogP contribution in [0.15, 0.2) is 59.6 Å². The summed E-state index contributed by atoms with van der Waals surface area (Å²) in [6.45, 7) is -0.883. The molecule has 0 radical (unpaired) electrons. The molecule has 2 aromatic carbocycles. The van der Waals surface area contributed by atoms with E-state index < -0.39 is 145 Å². The lowest BCUT2D eigenvalue weighted by Crippen LogP contribution is -2.61. The van der Waals surface area contributed by atoms with E-state index in [0.29, 0.717) is 24.0 Å². The molecule has 4 aliphatic heterocycles. The highest BCUT2D eigenvalue weighted by molar-refractivity contribution is 8.76. The number of unbranched alkanes of at least 4 members (excludes halogenated alkanes) is 1. The van der Waals surface area contributed by atoms with Gasteiger partial charge in [0.1, 0.15) is 48.0 Å². The molecule has 2 aromatic rings. The van der Waals surface area contributed by atoms with Crippen LogP contribution in [0.5, 0.6) is 5.75 Å². The first-order chi connectivity index (χ1) is 42.9. The third-order valence-corrected chi connectivity index (χ3v) is 18.9. The Morgan fingerprint density at radius 3 is 2.01 bits per heavy atom. The maximum absolute atomic E-state index is 15.3. The second-order valence-corrected chi connectivity index (χ2v) is 25.9. The van der Waals surface area contributed by atoms with E-state index >= 15 is 4.79 Å². The number of guanidine groups is 1. The molecule has 490 valence electrons. The van der Waals surface area contributed by atoms with Crippen LogP contribution in [0, 0.1) is 0 Å². The molecule has 6 rings (SSSR count). The number of likely N-dealkylation sites (tertiary alicyclic amines) is 1. The smallest absolute Gasteiger partial charge is 0.315 e. The molecule has 4 fully saturated rings. The predicted molar refractivity (Wildman–Crippen MR) is 333 cm³/mol. The fraction of sp³-hybridized carbons (Fsp3) is 0.536. The summed E-state index contributed by atoms with van der Waals surface area (Å²) in [6, 6.07) is 2.46. The molecule has 4 saturated heterocycles. The van der Waals surface area contributed by atoms with Gasteiger partial charge in [0.2, 0.25) is 70.9 Å². The van der Waals surface area contributed by atoms with Crippen LogP contribution < -0.4 is 81.8 Å². The third-order valence-electron chi connectivity index (χ3n) is 15.0. The van der Waals surface area contributed by atoms with E-state index in [2.05, 4.69) is 58.2 Å². The molecule has 0 saturated carbocycles. The zero-order chi connectivity index (χ0) is 65.4. The first-order valence-electron chi connectivity index (χ1n) is 29.3. The fourth-order valence-electron chi connectivity index (χ4n) is 10.5. The Kier molecular flexibility index (Phi) is 27.5. The van der Waals surface area contributed by atoms with E-state index in [0.717, 1.165) is 38.7 Å². The molecule has 90 heavy (non-hydrogen) atoms. The highest BCUT2D eigenvalue weighted by Gasteiger charge is 2.45. The standard InChI is InChI=1S/C56H79N17O14S3/c57-42(75)17-16-34-49(81)69-37(24-43(58)76)52(84)70-39(28-90-89-20-18-46(79)65-35(22-30-12-14-32(74)15-13-30)50(82)68-36(51(83)66-34)21-29-7-2-1-3-8-29)54(86)73-26-31(64-45(78)11-5-4-10-41-47-38(27-88-41)71-56(87)72-47)23-40(73)53(85)67-33(9-6-19-62-55(60)61)48(80)63-25-44(59)77/h1-3,7-8,12-15,31,33-41,47,74H,4-6,9-11,16-28H2,(H2,57,75)(H2,58,76)(H2,59,77)(H,63,80)(H,64,78)(H,65,79)(H,66,83)(H,67,85)(H,68,82)(H,69,81)(H,70,84)(H4,60,61,62)(H2,71,72,87)/t31?,33-,34-,35-,36-,37-,38-,39-,40-,41-,47-/m0/s1. The normalized spacial score (nSPS) is 24.6. The van der Waals surface area contributed by atoms with E-state index in [4.69, 9.17) is 28.7 Å². The van der Waals surface area contributed by atoms with Gasteiger partial charge in [-0.05, 0) is 61.8 Å². The molecule has 0 bridgehead atoms. The molecule has 21 N–H and O–H groups in total. The van der Waals surface area contributed by atoms with Gasteiger partial charge in [-0.3, -0.25) is 62.5 Å². The summed E-state index contributed by atoms with van der Waals surface area (Å²) in [5, 5.41) is 36.8. The summed E-state index contributed by atoms with van der Waals surface area (Å²) < 4.78 is 0. The Morgan fingerprint density at radius 1 is 0.678 bits per heavy atom. The van der Waals surface area contributed by atoms with Crippen molar-refractivity contribution in [3.05, 3.63) is 65.7 Å². The van der Waals surface area contributed by atoms with Gasteiger partial charge in [0, 0.05) is 73.7 Å². The molecule has 34 heteroatoms. The number of primary amides is 3. The Morgan fingerprint density at radius 2 is 1.33 bits per heavy atom. The highest BCUT2D eigenvalue weighted by Crippen LogP contribution is 2.33. The lowest BCUT2D eigenvalue weighted by Gasteiger charge is -2.30. The van der Waals surface area contributed by atoms with Crippen molar-refractivity contribution < 1.29 is 67.4 Å². The van der Waals surface area contributed by atoms with Crippen LogP contribution in [0.4, 0.5) is 4.79 Å². The number of fused-ring (bicyclic) bond motifs is 1. The van der Waals surface area contributed by atoms with Crippen molar-refractivity contribution in [1.82, 2.24) is 58.1 Å². The van der Waals surface area contributed by atoms with Crippen LogP contribution in [-0.2, 0) is 70.4 Å². The van der Waals surface area contributed by atoms with Crippen LogP contribution in [0.1, 0.15) is 81.8 Å². The average molecular weight is 1310 g/mol. The molecule has 0 spiro atoms. The van der Waals surface area contributed by atoms with Crippen LogP contribution in [0.2, 0.25) is 0 Å². The van der Waals surface area contributed by atoms with Crippen LogP contribution in [0.3, 0.4) is 0 Å². The average Bonchev–Trinajstić information content (AvgIpc) is 1.74. The van der Waals surface area contributed by atoms with Crippen LogP contribution in [-0.4, -0.2) is 195 Å². The zero-order valence-corrected chi connectivity index (χ0v) is 51.7. The number of phenolic OH excluding ortho intramolecular Hbond substituents is 1. The van der Waals surface area contributed by atoms with E-state index in [1.54, 1.807) is 42.1 Å². The second-order valence-electron chi connectivity index (χ2n) is 22.0. The van der Waals surface area contributed by atoms with Crippen molar-refractivity contribution in [2.45, 2.75) is 149 Å². The number of nitrogens with zero attached hydrogens (tertiary/aromatic N) is 2. The van der Waals surface area contributed by atoms with E-state index in [1.807, 2.05) is 0 Å². The van der Waals surface area contributed by atoms with Gasteiger partial charge in [-0.15, -0.1) is 0 Å². The molecule has 14 amide bonds. The third kappa shape index (κ3) is 22.8. The van der Waals surface area contributed by atoms with E-state index in [1.165, 1.54) is 24.3 Å². The number of aliphatic imine (C=N–C) groups is 1. The minimum atomic E-state index is -1.86. The fourth-order valence-corrected chi connectivity index (χ4v) is 14.2. The Bertz CT molecular complexity index is 2970. The number of amides is 14. The number of nitrogens with two attached hydrogens (primary N) is 5. The van der Waals surface area contributed by atoms with Gasteiger partial charge < -0.3 is 91.8 Å². The Hall–Kier alpha value is -8.53. The number of benzene rings is 2. The second kappa shape index (κ2) is 35.0. The van der Waals surface area contributed by atoms with Crippen molar-refractivity contribution in [2.75, 3.05) is 36.9 Å². The Labute approximate surface area is 530 Å². The molecule has 31 nitrogen and oxygen atoms in total. The number of carbonyl (C=O) groups is 13. The van der Waals surface area contributed by atoms with Crippen molar-refractivity contribution in [2.24, 2.45) is 33.7 Å². The lowest BCUT2D eigenvalue weighted by atomic mass is 10.0. The molecule has 1 unspecified atom stereocenters. The largest absolute Gasteiger partial charge is 0.508 e. The summed E-state index contributed by atoms with van der Waals surface area (Å²) >= 11 is 1.73. The van der Waals surface area contributed by atoms with Gasteiger partial charge in [0.15, 0.2) is 5.96 Å². The number of urea groups is 1. The molecule has 4 aliphatic rings. The minimum Gasteiger partial charge on any atom is -0.508 e. The molecular weight excluding hydrogens is 1230 g/mol. The van der Waals surface area contributed by atoms with Gasteiger partial charge >= 0.3 is 6.03 Å².